The minimum absolute atomic E-state index is 0.0348. The van der Waals surface area contributed by atoms with E-state index < -0.39 is 0 Å². The van der Waals surface area contributed by atoms with Crippen molar-refractivity contribution in [2.45, 2.75) is 13.3 Å². The van der Waals surface area contributed by atoms with Crippen LogP contribution in [-0.4, -0.2) is 47.3 Å². The van der Waals surface area contributed by atoms with Crippen LogP contribution in [0, 0.1) is 11.8 Å². The Morgan fingerprint density at radius 2 is 2.22 bits per heavy atom. The van der Waals surface area contributed by atoms with Gasteiger partial charge in [0.15, 0.2) is 0 Å². The van der Waals surface area contributed by atoms with Crippen LogP contribution in [0.1, 0.15) is 28.6 Å². The fourth-order valence-corrected chi connectivity index (χ4v) is 2.17. The molecule has 0 saturated carbocycles. The highest BCUT2D eigenvalue weighted by Gasteiger charge is 2.14. The number of hydrogen-bond donors (Lipinski definition) is 2. The molecule has 0 radical (unpaired) electrons. The molecule has 0 spiro atoms. The summed E-state index contributed by atoms with van der Waals surface area (Å²) in [6, 6.07) is 1.75. The third kappa shape index (κ3) is 4.15. The zero-order valence-electron chi connectivity index (χ0n) is 10.3. The van der Waals surface area contributed by atoms with Crippen LogP contribution < -0.4 is 0 Å². The molecule has 0 aliphatic rings. The predicted molar refractivity (Wildman–Crippen MR) is 71.6 cm³/mol. The first-order chi connectivity index (χ1) is 8.72. The maximum atomic E-state index is 12.0. The van der Waals surface area contributed by atoms with E-state index in [4.69, 9.17) is 10.2 Å². The van der Waals surface area contributed by atoms with E-state index in [2.05, 4.69) is 11.8 Å². The molecule has 1 heterocycles. The first-order valence-electron chi connectivity index (χ1n) is 5.81. The summed E-state index contributed by atoms with van der Waals surface area (Å²) in [5, 5.41) is 19.3. The second-order valence-electron chi connectivity index (χ2n) is 3.58. The molecule has 0 aromatic carbocycles. The number of aliphatic hydroxyl groups excluding tert-OH is 2. The van der Waals surface area contributed by atoms with Gasteiger partial charge in [-0.25, -0.2) is 0 Å². The molecule has 0 saturated heterocycles. The van der Waals surface area contributed by atoms with Gasteiger partial charge in [-0.2, -0.15) is 0 Å². The molecule has 5 heteroatoms. The third-order valence-electron chi connectivity index (χ3n) is 2.33. The topological polar surface area (TPSA) is 60.8 Å². The summed E-state index contributed by atoms with van der Waals surface area (Å²) in [6.07, 6.45) is 0.437. The van der Waals surface area contributed by atoms with E-state index in [0.717, 1.165) is 4.88 Å². The molecule has 0 fully saturated rings. The molecule has 1 rings (SSSR count). The van der Waals surface area contributed by atoms with E-state index >= 15 is 0 Å². The lowest BCUT2D eigenvalue weighted by Gasteiger charge is -2.18. The van der Waals surface area contributed by atoms with Crippen LogP contribution in [0.2, 0.25) is 0 Å². The van der Waals surface area contributed by atoms with Gasteiger partial charge in [-0.15, -0.1) is 11.3 Å². The zero-order chi connectivity index (χ0) is 13.4. The molecule has 1 aromatic heterocycles. The van der Waals surface area contributed by atoms with Crippen LogP contribution in [0.25, 0.3) is 0 Å². The Labute approximate surface area is 111 Å². The van der Waals surface area contributed by atoms with Gasteiger partial charge in [-0.3, -0.25) is 4.79 Å². The lowest BCUT2D eigenvalue weighted by molar-refractivity contribution is 0.0732. The van der Waals surface area contributed by atoms with E-state index in [1.165, 1.54) is 11.3 Å². The van der Waals surface area contributed by atoms with Crippen molar-refractivity contribution in [3.8, 4) is 11.8 Å². The van der Waals surface area contributed by atoms with Crippen LogP contribution in [0.4, 0.5) is 0 Å². The fraction of sp³-hybridized carbons (Fsp3) is 0.462. The highest BCUT2D eigenvalue weighted by molar-refractivity contribution is 7.10. The minimum Gasteiger partial charge on any atom is -0.395 e. The number of carbonyl (C=O) groups excluding carboxylic acids is 1. The number of likely N-dealkylation sites (N-methyl/N-ethyl adjacent to an activating group) is 1. The number of aliphatic hydroxyl groups is 2. The van der Waals surface area contributed by atoms with Gasteiger partial charge in [0.2, 0.25) is 0 Å². The number of hydrogen-bond acceptors (Lipinski definition) is 4. The van der Waals surface area contributed by atoms with E-state index in [9.17, 15) is 4.79 Å². The van der Waals surface area contributed by atoms with Crippen LogP contribution in [0.5, 0.6) is 0 Å². The number of nitrogens with zero attached hydrogens (tertiary/aromatic N) is 1. The lowest BCUT2D eigenvalue weighted by Crippen LogP contribution is -2.33. The summed E-state index contributed by atoms with van der Waals surface area (Å²) in [5.41, 5.74) is 0.601. The maximum Gasteiger partial charge on any atom is 0.254 e. The van der Waals surface area contributed by atoms with Crippen molar-refractivity contribution >= 4 is 17.2 Å². The van der Waals surface area contributed by atoms with E-state index in [1.54, 1.807) is 16.3 Å². The molecule has 4 nitrogen and oxygen atoms in total. The Hall–Kier alpha value is -1.35. The number of carbonyl (C=O) groups is 1. The van der Waals surface area contributed by atoms with Crippen molar-refractivity contribution in [1.82, 2.24) is 4.90 Å². The van der Waals surface area contributed by atoms with E-state index in [-0.39, 0.29) is 19.1 Å². The van der Waals surface area contributed by atoms with Crippen LogP contribution in [0.3, 0.4) is 0 Å². The van der Waals surface area contributed by atoms with Crippen molar-refractivity contribution in [3.05, 3.63) is 21.9 Å². The first kappa shape index (κ1) is 14.7. The molecule has 0 aliphatic heterocycles. The van der Waals surface area contributed by atoms with E-state index in [1.807, 2.05) is 6.92 Å². The first-order valence-corrected chi connectivity index (χ1v) is 6.69. The highest BCUT2D eigenvalue weighted by Crippen LogP contribution is 2.15. The predicted octanol–water partition coefficient (Wildman–Crippen LogP) is 0.936. The molecule has 18 heavy (non-hydrogen) atoms. The summed E-state index contributed by atoms with van der Waals surface area (Å²) in [5.74, 6) is 5.63. The molecule has 1 aromatic rings. The van der Waals surface area contributed by atoms with Gasteiger partial charge in [-0.05, 0) is 13.0 Å². The lowest BCUT2D eigenvalue weighted by atomic mass is 10.2. The van der Waals surface area contributed by atoms with Crippen LogP contribution in [-0.2, 0) is 0 Å². The Bertz CT molecular complexity index is 445. The number of thiophene rings is 1. The standard InChI is InChI=1S/C13H17NO3S/c1-2-14(6-8-16)13(17)11-9-12(18-10-11)5-3-4-7-15/h9-10,15-16H,2,4,6-8H2,1H3. The Morgan fingerprint density at radius 3 is 2.83 bits per heavy atom. The quantitative estimate of drug-likeness (QED) is 0.780. The van der Waals surface area contributed by atoms with Crippen molar-refractivity contribution in [2.75, 3.05) is 26.3 Å². The second kappa shape index (κ2) is 7.88. The molecular formula is C13H17NO3S. The molecular weight excluding hydrogens is 250 g/mol. The third-order valence-corrected chi connectivity index (χ3v) is 3.18. The molecule has 2 N–H and O–H groups in total. The average Bonchev–Trinajstić information content (AvgIpc) is 2.84. The molecule has 0 unspecified atom stereocenters. The smallest absolute Gasteiger partial charge is 0.254 e. The van der Waals surface area contributed by atoms with Gasteiger partial charge in [0.25, 0.3) is 5.91 Å². The molecule has 0 atom stereocenters. The molecule has 0 bridgehead atoms. The SMILES string of the molecule is CCN(CCO)C(=O)c1csc(C#CCCO)c1. The van der Waals surface area contributed by atoms with Gasteiger partial charge in [0.1, 0.15) is 0 Å². The Morgan fingerprint density at radius 1 is 1.44 bits per heavy atom. The van der Waals surface area contributed by atoms with Crippen LogP contribution >= 0.6 is 11.3 Å². The monoisotopic (exact) mass is 267 g/mol. The van der Waals surface area contributed by atoms with Gasteiger partial charge in [0.05, 0.1) is 23.7 Å². The normalized spacial score (nSPS) is 9.72. The highest BCUT2D eigenvalue weighted by atomic mass is 32.1. The van der Waals surface area contributed by atoms with Crippen molar-refractivity contribution in [3.63, 3.8) is 0 Å². The fourth-order valence-electron chi connectivity index (χ4n) is 1.43. The van der Waals surface area contributed by atoms with Gasteiger partial charge >= 0.3 is 0 Å². The molecule has 0 aliphatic carbocycles. The Kier molecular flexibility index (Phi) is 6.44. The van der Waals surface area contributed by atoms with Crippen molar-refractivity contribution in [1.29, 1.82) is 0 Å². The summed E-state index contributed by atoms with van der Waals surface area (Å²) in [4.78, 5) is 14.4. The van der Waals surface area contributed by atoms with Crippen molar-refractivity contribution in [2.24, 2.45) is 0 Å². The molecule has 98 valence electrons. The minimum atomic E-state index is -0.0852. The largest absolute Gasteiger partial charge is 0.395 e. The maximum absolute atomic E-state index is 12.0. The number of amides is 1. The number of rotatable bonds is 5. The van der Waals surface area contributed by atoms with E-state index in [0.29, 0.717) is 25.1 Å². The average molecular weight is 267 g/mol. The summed E-state index contributed by atoms with van der Waals surface area (Å²) in [6.45, 7) is 2.80. The zero-order valence-corrected chi connectivity index (χ0v) is 11.2. The van der Waals surface area contributed by atoms with Crippen molar-refractivity contribution < 1.29 is 15.0 Å². The van der Waals surface area contributed by atoms with Gasteiger partial charge in [-0.1, -0.05) is 11.8 Å². The second-order valence-corrected chi connectivity index (χ2v) is 4.49. The summed E-state index contributed by atoms with van der Waals surface area (Å²) < 4.78 is 0. The van der Waals surface area contributed by atoms with Gasteiger partial charge in [0, 0.05) is 24.9 Å². The molecule has 1 amide bonds. The van der Waals surface area contributed by atoms with Gasteiger partial charge < -0.3 is 15.1 Å². The Balaban J connectivity index is 2.73. The summed E-state index contributed by atoms with van der Waals surface area (Å²) >= 11 is 1.41. The van der Waals surface area contributed by atoms with Crippen LogP contribution in [0.15, 0.2) is 11.4 Å². The summed E-state index contributed by atoms with van der Waals surface area (Å²) in [7, 11) is 0.